The van der Waals surface area contributed by atoms with Crippen LogP contribution in [0, 0.1) is 29.9 Å². The zero-order chi connectivity index (χ0) is 34.8. The van der Waals surface area contributed by atoms with E-state index in [9.17, 15) is 8.78 Å². The van der Waals surface area contributed by atoms with E-state index in [1.807, 2.05) is 20.8 Å². The Bertz CT molecular complexity index is 2030. The van der Waals surface area contributed by atoms with Crippen LogP contribution in [-0.2, 0) is 6.42 Å². The lowest BCUT2D eigenvalue weighted by Crippen LogP contribution is -2.62. The Hall–Kier alpha value is -4.47. The molecule has 4 aliphatic rings. The van der Waals surface area contributed by atoms with Crippen molar-refractivity contribution in [2.75, 3.05) is 36.9 Å². The van der Waals surface area contributed by atoms with Crippen molar-refractivity contribution in [3.8, 4) is 29.6 Å². The van der Waals surface area contributed by atoms with Gasteiger partial charge in [0, 0.05) is 23.2 Å². The smallest absolute Gasteiger partial charge is 0.319 e. The number of aromatic nitrogens is 3. The van der Waals surface area contributed by atoms with Crippen LogP contribution >= 0.6 is 0 Å². The number of piperazine rings is 1. The first-order valence-electron chi connectivity index (χ1n) is 16.8. The van der Waals surface area contributed by atoms with Crippen molar-refractivity contribution in [2.24, 2.45) is 5.92 Å². The topological polar surface area (TPSA) is 92.4 Å². The summed E-state index contributed by atoms with van der Waals surface area (Å²) >= 11 is 0. The Morgan fingerprint density at radius 1 is 1.16 bits per heavy atom. The van der Waals surface area contributed by atoms with Crippen LogP contribution in [0.25, 0.3) is 32.9 Å². The standard InChI is InChI=1S/C35H33F4N7O.C2H6/c1-4-21-23(36)7-6-19-11-20(40)12-22(26(19)21)29-28(38)30-27-24(41-29)10-18(3)31-32(39)42-25(37)15-46(31)33(27)44-34(43-30)47-16-35-8-5-9-45(35)14-17(2)13-35;1-2/h1,6-7,11-12,18,25,31-32,42H,2,5,8-10,13-16,40H2,3H3;1-2H3/t18-,25?,31?,32?,35?;/m0./s1. The molecule has 2 aromatic heterocycles. The number of halogens is 4. The van der Waals surface area contributed by atoms with Crippen LogP contribution in [0.15, 0.2) is 36.4 Å². The third-order valence-electron chi connectivity index (χ3n) is 10.2. The number of benzene rings is 2. The molecule has 4 aliphatic heterocycles. The summed E-state index contributed by atoms with van der Waals surface area (Å²) in [5, 5.41) is 3.41. The van der Waals surface area contributed by atoms with Crippen molar-refractivity contribution in [3.05, 3.63) is 59.3 Å². The second-order valence-corrected chi connectivity index (χ2v) is 13.3. The van der Waals surface area contributed by atoms with E-state index in [2.05, 4.69) is 27.7 Å². The van der Waals surface area contributed by atoms with Gasteiger partial charge in [-0.2, -0.15) is 9.97 Å². The van der Waals surface area contributed by atoms with Gasteiger partial charge in [-0.25, -0.2) is 22.5 Å². The molecule has 0 aliphatic carbocycles. The molecule has 0 amide bonds. The molecule has 0 saturated carbocycles. The van der Waals surface area contributed by atoms with E-state index in [-0.39, 0.29) is 70.0 Å². The lowest BCUT2D eigenvalue weighted by Gasteiger charge is -2.42. The number of hydrogen-bond donors (Lipinski definition) is 2. The predicted octanol–water partition coefficient (Wildman–Crippen LogP) is 6.45. The number of nitrogens with two attached hydrogens (primary N) is 1. The molecule has 3 saturated heterocycles. The largest absolute Gasteiger partial charge is 0.461 e. The van der Waals surface area contributed by atoms with Gasteiger partial charge in [-0.15, -0.1) is 6.42 Å². The van der Waals surface area contributed by atoms with Gasteiger partial charge in [0.05, 0.1) is 34.8 Å². The van der Waals surface area contributed by atoms with E-state index >= 15 is 8.78 Å². The molecule has 4 aromatic rings. The number of nitrogen functional groups attached to an aromatic ring is 1. The zero-order valence-corrected chi connectivity index (χ0v) is 27.8. The molecule has 0 spiro atoms. The van der Waals surface area contributed by atoms with Gasteiger partial charge in [0.1, 0.15) is 29.5 Å². The van der Waals surface area contributed by atoms with Gasteiger partial charge >= 0.3 is 6.01 Å². The molecule has 6 heterocycles. The number of terminal acetylenes is 1. The third-order valence-corrected chi connectivity index (χ3v) is 10.2. The molecule has 0 radical (unpaired) electrons. The molecule has 8 nitrogen and oxygen atoms in total. The van der Waals surface area contributed by atoms with Gasteiger partial charge < -0.3 is 15.4 Å². The number of alkyl halides is 2. The van der Waals surface area contributed by atoms with Crippen molar-refractivity contribution in [1.82, 2.24) is 25.2 Å². The highest BCUT2D eigenvalue weighted by Gasteiger charge is 2.47. The molecule has 8 rings (SSSR count). The molecule has 256 valence electrons. The maximum absolute atomic E-state index is 17.1. The average Bonchev–Trinajstić information content (AvgIpc) is 3.56. The summed E-state index contributed by atoms with van der Waals surface area (Å²) < 4.78 is 68.8. The monoisotopic (exact) mass is 673 g/mol. The fourth-order valence-electron chi connectivity index (χ4n) is 8.27. The maximum atomic E-state index is 17.1. The van der Waals surface area contributed by atoms with Gasteiger partial charge in [0.25, 0.3) is 0 Å². The van der Waals surface area contributed by atoms with Crippen LogP contribution in [0.2, 0.25) is 0 Å². The Labute approximate surface area is 282 Å². The number of pyridine rings is 1. The van der Waals surface area contributed by atoms with E-state index in [1.54, 1.807) is 11.0 Å². The number of fused-ring (bicyclic) bond motifs is 4. The molecule has 5 atom stereocenters. The van der Waals surface area contributed by atoms with Crippen molar-refractivity contribution in [2.45, 2.75) is 70.6 Å². The quantitative estimate of drug-likeness (QED) is 0.0841. The van der Waals surface area contributed by atoms with Crippen LogP contribution in [0.4, 0.5) is 29.1 Å². The summed E-state index contributed by atoms with van der Waals surface area (Å²) in [4.78, 5) is 18.0. The van der Waals surface area contributed by atoms with E-state index < -0.39 is 36.2 Å². The second kappa shape index (κ2) is 12.4. The molecular weight excluding hydrogens is 634 g/mol. The van der Waals surface area contributed by atoms with E-state index in [0.29, 0.717) is 16.8 Å². The lowest BCUT2D eigenvalue weighted by atomic mass is 9.93. The van der Waals surface area contributed by atoms with Crippen LogP contribution in [-0.4, -0.2) is 70.3 Å². The van der Waals surface area contributed by atoms with Gasteiger partial charge in [-0.3, -0.25) is 10.2 Å². The van der Waals surface area contributed by atoms with E-state index in [1.165, 1.54) is 18.2 Å². The van der Waals surface area contributed by atoms with Gasteiger partial charge in [-0.1, -0.05) is 44.9 Å². The minimum absolute atomic E-state index is 0.0542. The fraction of sp³-hybridized carbons (Fsp3) is 0.432. The molecule has 3 fully saturated rings. The second-order valence-electron chi connectivity index (χ2n) is 13.3. The molecule has 4 unspecified atom stereocenters. The van der Waals surface area contributed by atoms with E-state index in [4.69, 9.17) is 26.9 Å². The summed E-state index contributed by atoms with van der Waals surface area (Å²) in [7, 11) is 0. The molecular formula is C37H39F4N7O. The molecule has 2 aromatic carbocycles. The fourth-order valence-corrected chi connectivity index (χ4v) is 8.27. The number of nitrogens with one attached hydrogen (secondary N) is 1. The first-order chi connectivity index (χ1) is 23.6. The Morgan fingerprint density at radius 3 is 2.73 bits per heavy atom. The minimum atomic E-state index is -1.73. The van der Waals surface area contributed by atoms with Crippen LogP contribution in [0.5, 0.6) is 6.01 Å². The summed E-state index contributed by atoms with van der Waals surface area (Å²) in [6.45, 7) is 11.7. The SMILES string of the molecule is C#Cc1c(F)ccc2cc(N)cc(-c3nc4c5c(nc(OCC67CCCN6CC(=C)C7)nc5c3F)N3CC(F)NC(F)C3[C@@H](C)C4)c12.CC. The van der Waals surface area contributed by atoms with Gasteiger partial charge in [0.15, 0.2) is 18.4 Å². The molecule has 12 heteroatoms. The third kappa shape index (κ3) is 5.34. The first-order valence-corrected chi connectivity index (χ1v) is 16.8. The Kier molecular flexibility index (Phi) is 8.40. The Morgan fingerprint density at radius 2 is 1.96 bits per heavy atom. The molecule has 3 N–H and O–H groups in total. The highest BCUT2D eigenvalue weighted by Crippen LogP contribution is 2.44. The van der Waals surface area contributed by atoms with Crippen molar-refractivity contribution in [3.63, 3.8) is 0 Å². The normalized spacial score (nSPS) is 26.2. The highest BCUT2D eigenvalue weighted by molar-refractivity contribution is 6.04. The van der Waals surface area contributed by atoms with Crippen LogP contribution in [0.1, 0.15) is 51.3 Å². The van der Waals surface area contributed by atoms with Crippen molar-refractivity contribution in [1.29, 1.82) is 0 Å². The van der Waals surface area contributed by atoms with E-state index in [0.717, 1.165) is 37.9 Å². The van der Waals surface area contributed by atoms with Crippen molar-refractivity contribution >= 4 is 33.2 Å². The minimum Gasteiger partial charge on any atom is -0.461 e. The molecule has 49 heavy (non-hydrogen) atoms. The summed E-state index contributed by atoms with van der Waals surface area (Å²) in [6.07, 6.45) is 5.21. The van der Waals surface area contributed by atoms with Crippen molar-refractivity contribution < 1.29 is 22.3 Å². The Balaban J connectivity index is 0.00000186. The van der Waals surface area contributed by atoms with Gasteiger partial charge in [-0.05, 0) is 61.7 Å². The van der Waals surface area contributed by atoms with Crippen LogP contribution in [0.3, 0.4) is 0 Å². The number of hydrogen-bond acceptors (Lipinski definition) is 8. The summed E-state index contributed by atoms with van der Waals surface area (Å²) in [5.41, 5.74) is 7.66. The number of ether oxygens (including phenoxy) is 1. The number of rotatable bonds is 4. The zero-order valence-electron chi connectivity index (χ0n) is 27.8. The highest BCUT2D eigenvalue weighted by atomic mass is 19.2. The number of nitrogens with zero attached hydrogens (tertiary/aromatic N) is 5. The van der Waals surface area contributed by atoms with Crippen LogP contribution < -0.4 is 20.7 Å². The molecule has 0 bridgehead atoms. The number of anilines is 2. The summed E-state index contributed by atoms with van der Waals surface area (Å²) in [6, 6.07) is 4.96. The maximum Gasteiger partial charge on any atom is 0.319 e. The lowest BCUT2D eigenvalue weighted by molar-refractivity contribution is 0.0886. The van der Waals surface area contributed by atoms with Gasteiger partial charge in [0.2, 0.25) is 0 Å². The summed E-state index contributed by atoms with van der Waals surface area (Å²) in [5.74, 6) is 0.674. The average molecular weight is 674 g/mol. The predicted molar refractivity (Wildman–Crippen MR) is 184 cm³/mol. The first kappa shape index (κ1) is 33.0.